The summed E-state index contributed by atoms with van der Waals surface area (Å²) in [7, 11) is 1.35. The Kier molecular flexibility index (Phi) is 7.26. The van der Waals surface area contributed by atoms with Gasteiger partial charge in [0, 0.05) is 12.1 Å². The van der Waals surface area contributed by atoms with Gasteiger partial charge >= 0.3 is 5.97 Å². The molecule has 2 aromatic carbocycles. The molecule has 1 aromatic heterocycles. The Labute approximate surface area is 202 Å². The number of aromatic nitrogens is 1. The van der Waals surface area contributed by atoms with Crippen LogP contribution in [0.15, 0.2) is 53.5 Å². The molecule has 2 heterocycles. The van der Waals surface area contributed by atoms with E-state index in [1.807, 2.05) is 54.8 Å². The second-order valence-corrected chi connectivity index (χ2v) is 9.50. The van der Waals surface area contributed by atoms with Crippen molar-refractivity contribution in [1.29, 1.82) is 0 Å². The van der Waals surface area contributed by atoms with Gasteiger partial charge in [-0.05, 0) is 56.9 Å². The number of benzene rings is 2. The van der Waals surface area contributed by atoms with Crippen LogP contribution in [0.25, 0.3) is 10.2 Å². The Balaban J connectivity index is 1.80. The van der Waals surface area contributed by atoms with Crippen LogP contribution in [0.1, 0.15) is 54.6 Å². The van der Waals surface area contributed by atoms with Crippen molar-refractivity contribution >= 4 is 39.3 Å². The molecule has 0 bridgehead atoms. The number of hydrogen-bond acceptors (Lipinski definition) is 5. The topological polar surface area (TPSA) is 81.0 Å². The van der Waals surface area contributed by atoms with E-state index in [-0.39, 0.29) is 17.8 Å². The van der Waals surface area contributed by atoms with E-state index in [4.69, 9.17) is 4.74 Å². The highest BCUT2D eigenvalue weighted by atomic mass is 32.1. The van der Waals surface area contributed by atoms with Crippen molar-refractivity contribution in [2.75, 3.05) is 13.7 Å². The van der Waals surface area contributed by atoms with Gasteiger partial charge in [-0.2, -0.15) is 4.99 Å². The van der Waals surface area contributed by atoms with Gasteiger partial charge in [0.05, 0.1) is 17.3 Å². The maximum absolute atomic E-state index is 13.8. The zero-order valence-corrected chi connectivity index (χ0v) is 20.5. The lowest BCUT2D eigenvalue weighted by Gasteiger charge is -2.36. The number of fused-ring (bicyclic) bond motifs is 1. The zero-order valence-electron chi connectivity index (χ0n) is 19.7. The molecule has 7 nitrogen and oxygen atoms in total. The van der Waals surface area contributed by atoms with Gasteiger partial charge < -0.3 is 14.2 Å². The number of aryl methyl sites for hydroxylation is 1. The summed E-state index contributed by atoms with van der Waals surface area (Å²) in [5.74, 6) is -0.888. The number of amides is 2. The van der Waals surface area contributed by atoms with Crippen LogP contribution in [-0.2, 0) is 14.3 Å². The fourth-order valence-corrected chi connectivity index (χ4v) is 5.52. The smallest absolute Gasteiger partial charge is 0.328 e. The predicted octanol–water partition coefficient (Wildman–Crippen LogP) is 4.26. The minimum absolute atomic E-state index is 0.148. The van der Waals surface area contributed by atoms with E-state index in [1.165, 1.54) is 18.4 Å². The molecule has 0 N–H and O–H groups in total. The van der Waals surface area contributed by atoms with Crippen LogP contribution >= 0.6 is 11.3 Å². The van der Waals surface area contributed by atoms with Crippen molar-refractivity contribution in [3.63, 3.8) is 0 Å². The summed E-state index contributed by atoms with van der Waals surface area (Å²) >= 11 is 1.38. The molecule has 2 amide bonds. The normalized spacial score (nSPS) is 17.6. The van der Waals surface area contributed by atoms with E-state index < -0.39 is 12.1 Å². The first kappa shape index (κ1) is 23.9. The number of ether oxygens (including phenoxy) is 1. The first-order valence-electron chi connectivity index (χ1n) is 11.6. The summed E-state index contributed by atoms with van der Waals surface area (Å²) in [5.41, 5.74) is 2.40. The molecule has 3 aromatic rings. The third-order valence-corrected chi connectivity index (χ3v) is 7.31. The average molecular weight is 480 g/mol. The van der Waals surface area contributed by atoms with Crippen LogP contribution in [-0.4, -0.2) is 46.9 Å². The molecule has 8 heteroatoms. The van der Waals surface area contributed by atoms with Crippen molar-refractivity contribution in [2.24, 2.45) is 4.99 Å². The fourth-order valence-electron chi connectivity index (χ4n) is 4.45. The summed E-state index contributed by atoms with van der Waals surface area (Å²) in [5, 5.41) is 0. The highest BCUT2D eigenvalue weighted by molar-refractivity contribution is 7.16. The first-order valence-corrected chi connectivity index (χ1v) is 12.4. The quantitative estimate of drug-likeness (QED) is 0.512. The van der Waals surface area contributed by atoms with E-state index >= 15 is 0 Å². The van der Waals surface area contributed by atoms with E-state index in [0.29, 0.717) is 29.8 Å². The Bertz CT molecular complexity index is 1280. The van der Waals surface area contributed by atoms with Gasteiger partial charge in [0.2, 0.25) is 5.91 Å². The van der Waals surface area contributed by atoms with Gasteiger partial charge in [-0.1, -0.05) is 48.1 Å². The molecule has 34 heavy (non-hydrogen) atoms. The molecule has 0 aliphatic carbocycles. The number of rotatable bonds is 5. The molecule has 1 aliphatic heterocycles. The minimum atomic E-state index is -0.592. The van der Waals surface area contributed by atoms with Crippen molar-refractivity contribution < 1.29 is 19.1 Å². The monoisotopic (exact) mass is 479 g/mol. The third kappa shape index (κ3) is 4.68. The Morgan fingerprint density at radius 1 is 1.12 bits per heavy atom. The van der Waals surface area contributed by atoms with Crippen LogP contribution in [0, 0.1) is 6.92 Å². The standard InChI is InChI=1S/C26H29N3O4S/c1-4-19(24(31)28-16-8-7-10-21(28)25(32)33-3)29-20-9-5-6-11-22(20)34-26(29)27-23(30)18-14-12-17(2)13-15-18/h5-6,9,11-15,19,21H,4,7-8,10,16H2,1-3H3. The van der Waals surface area contributed by atoms with Gasteiger partial charge in [0.25, 0.3) is 5.91 Å². The van der Waals surface area contributed by atoms with Crippen LogP contribution in [0.5, 0.6) is 0 Å². The Hall–Kier alpha value is -3.26. The minimum Gasteiger partial charge on any atom is -0.467 e. The molecular formula is C26H29N3O4S. The van der Waals surface area contributed by atoms with E-state index in [9.17, 15) is 14.4 Å². The molecule has 1 fully saturated rings. The maximum atomic E-state index is 13.8. The van der Waals surface area contributed by atoms with Crippen LogP contribution < -0.4 is 4.80 Å². The second kappa shape index (κ2) is 10.3. The number of para-hydroxylation sites is 1. The SMILES string of the molecule is CCC(C(=O)N1CCCCC1C(=O)OC)n1c(=NC(=O)c2ccc(C)cc2)sc2ccccc21. The summed E-state index contributed by atoms with van der Waals surface area (Å²) in [6.45, 7) is 4.40. The lowest BCUT2D eigenvalue weighted by atomic mass is 10.0. The summed E-state index contributed by atoms with van der Waals surface area (Å²) in [4.78, 5) is 45.8. The average Bonchev–Trinajstić information content (AvgIpc) is 3.22. The number of esters is 1. The second-order valence-electron chi connectivity index (χ2n) is 8.50. The Morgan fingerprint density at radius 2 is 1.85 bits per heavy atom. The summed E-state index contributed by atoms with van der Waals surface area (Å²) < 4.78 is 7.77. The summed E-state index contributed by atoms with van der Waals surface area (Å²) in [6, 6.07) is 13.8. The molecule has 2 unspecified atom stereocenters. The van der Waals surface area contributed by atoms with Gasteiger partial charge in [-0.3, -0.25) is 9.59 Å². The van der Waals surface area contributed by atoms with Crippen molar-refractivity contribution in [3.05, 3.63) is 64.5 Å². The molecule has 0 spiro atoms. The van der Waals surface area contributed by atoms with Crippen molar-refractivity contribution in [3.8, 4) is 0 Å². The zero-order chi connectivity index (χ0) is 24.2. The highest BCUT2D eigenvalue weighted by Gasteiger charge is 2.37. The van der Waals surface area contributed by atoms with Gasteiger partial charge in [0.1, 0.15) is 12.1 Å². The number of methoxy groups -OCH3 is 1. The predicted molar refractivity (Wildman–Crippen MR) is 132 cm³/mol. The first-order chi connectivity index (χ1) is 16.4. The lowest BCUT2D eigenvalue weighted by molar-refractivity contribution is -0.156. The largest absolute Gasteiger partial charge is 0.467 e. The van der Waals surface area contributed by atoms with Crippen molar-refractivity contribution in [2.45, 2.75) is 51.6 Å². The van der Waals surface area contributed by atoms with Crippen molar-refractivity contribution in [1.82, 2.24) is 9.47 Å². The van der Waals surface area contributed by atoms with E-state index in [0.717, 1.165) is 28.6 Å². The van der Waals surface area contributed by atoms with Gasteiger partial charge in [-0.15, -0.1) is 0 Å². The molecule has 0 saturated carbocycles. The van der Waals surface area contributed by atoms with Crippen LogP contribution in [0.3, 0.4) is 0 Å². The highest BCUT2D eigenvalue weighted by Crippen LogP contribution is 2.27. The molecule has 1 saturated heterocycles. The molecule has 2 atom stereocenters. The molecule has 0 radical (unpaired) electrons. The van der Waals surface area contributed by atoms with Gasteiger partial charge in [-0.25, -0.2) is 4.79 Å². The molecule has 1 aliphatic rings. The number of hydrogen-bond donors (Lipinski definition) is 0. The van der Waals surface area contributed by atoms with E-state index in [2.05, 4.69) is 4.99 Å². The van der Waals surface area contributed by atoms with Gasteiger partial charge in [0.15, 0.2) is 4.80 Å². The lowest BCUT2D eigenvalue weighted by Crippen LogP contribution is -2.51. The number of carbonyl (C=O) groups is 3. The van der Waals surface area contributed by atoms with E-state index in [1.54, 1.807) is 17.0 Å². The summed E-state index contributed by atoms with van der Waals surface area (Å²) in [6.07, 6.45) is 2.80. The Morgan fingerprint density at radius 3 is 2.56 bits per heavy atom. The third-order valence-electron chi connectivity index (χ3n) is 6.27. The number of carbonyl (C=O) groups excluding carboxylic acids is 3. The molecule has 178 valence electrons. The van der Waals surface area contributed by atoms with Crippen LogP contribution in [0.2, 0.25) is 0 Å². The maximum Gasteiger partial charge on any atom is 0.328 e. The number of thiazole rings is 1. The number of nitrogens with zero attached hydrogens (tertiary/aromatic N) is 3. The molecular weight excluding hydrogens is 450 g/mol. The van der Waals surface area contributed by atoms with Crippen LogP contribution in [0.4, 0.5) is 0 Å². The molecule has 4 rings (SSSR count). The number of likely N-dealkylation sites (tertiary alicyclic amines) is 1. The fraction of sp³-hybridized carbons (Fsp3) is 0.385. The number of piperidine rings is 1.